The average Bonchev–Trinajstić information content (AvgIpc) is 3.37. The Morgan fingerprint density at radius 1 is 1.13 bits per heavy atom. The Hall–Kier alpha value is -3.41. The summed E-state index contributed by atoms with van der Waals surface area (Å²) in [7, 11) is 0. The van der Waals surface area contributed by atoms with E-state index in [1.165, 1.54) is 0 Å². The minimum absolute atomic E-state index is 0.0206. The molecule has 0 aliphatic carbocycles. The largest absolute Gasteiger partial charge is 0.440 e. The molecule has 0 radical (unpaired) electrons. The number of carbonyl (C=O) groups is 1. The molecule has 1 aliphatic rings. The first-order valence-electron chi connectivity index (χ1n) is 10.4. The van der Waals surface area contributed by atoms with Crippen LogP contribution in [0.5, 0.6) is 0 Å². The maximum Gasteiger partial charge on any atom is 0.257 e. The lowest BCUT2D eigenvalue weighted by molar-refractivity contribution is 0.0698. The average molecular weight is 400 g/mol. The van der Waals surface area contributed by atoms with E-state index in [9.17, 15) is 4.79 Å². The van der Waals surface area contributed by atoms with Crippen LogP contribution >= 0.6 is 0 Å². The molecule has 0 bridgehead atoms. The lowest BCUT2D eigenvalue weighted by atomic mass is 9.97. The zero-order chi connectivity index (χ0) is 20.7. The highest BCUT2D eigenvalue weighted by molar-refractivity contribution is 5.95. The SMILES string of the molecule is Cc1cccc(-n2ncc(C(=O)N3CCCC(c4nc5ccccc5o4)C3)c2C)c1. The van der Waals surface area contributed by atoms with Crippen LogP contribution in [-0.2, 0) is 0 Å². The molecule has 4 aromatic rings. The van der Waals surface area contributed by atoms with Gasteiger partial charge in [-0.1, -0.05) is 24.3 Å². The third-order valence-corrected chi connectivity index (χ3v) is 5.85. The van der Waals surface area contributed by atoms with E-state index in [0.717, 1.165) is 53.3 Å². The van der Waals surface area contributed by atoms with E-state index in [2.05, 4.69) is 16.1 Å². The molecule has 3 heterocycles. The van der Waals surface area contributed by atoms with Gasteiger partial charge in [0, 0.05) is 13.1 Å². The van der Waals surface area contributed by atoms with Gasteiger partial charge in [0.2, 0.25) is 0 Å². The topological polar surface area (TPSA) is 64.2 Å². The molecule has 1 aliphatic heterocycles. The second kappa shape index (κ2) is 7.44. The smallest absolute Gasteiger partial charge is 0.257 e. The summed E-state index contributed by atoms with van der Waals surface area (Å²) in [4.78, 5) is 19.9. The van der Waals surface area contributed by atoms with Gasteiger partial charge in [0.25, 0.3) is 5.91 Å². The van der Waals surface area contributed by atoms with Crippen LogP contribution in [0.3, 0.4) is 0 Å². The van der Waals surface area contributed by atoms with Gasteiger partial charge < -0.3 is 9.32 Å². The molecule has 6 nitrogen and oxygen atoms in total. The van der Waals surface area contributed by atoms with E-state index in [1.807, 2.05) is 65.9 Å². The first kappa shape index (κ1) is 18.6. The van der Waals surface area contributed by atoms with Crippen molar-refractivity contribution < 1.29 is 9.21 Å². The van der Waals surface area contributed by atoms with Crippen LogP contribution in [0, 0.1) is 13.8 Å². The minimum atomic E-state index is 0.0206. The lowest BCUT2D eigenvalue weighted by Gasteiger charge is -2.31. The second-order valence-corrected chi connectivity index (χ2v) is 8.00. The molecule has 1 atom stereocenters. The zero-order valence-electron chi connectivity index (χ0n) is 17.2. The van der Waals surface area contributed by atoms with Gasteiger partial charge in [-0.25, -0.2) is 9.67 Å². The van der Waals surface area contributed by atoms with Gasteiger partial charge in [0.1, 0.15) is 5.52 Å². The third kappa shape index (κ3) is 3.28. The molecule has 0 N–H and O–H groups in total. The van der Waals surface area contributed by atoms with Crippen molar-refractivity contribution in [3.63, 3.8) is 0 Å². The third-order valence-electron chi connectivity index (χ3n) is 5.85. The molecule has 1 amide bonds. The Bertz CT molecular complexity index is 1190. The van der Waals surface area contributed by atoms with Crippen LogP contribution in [0.1, 0.15) is 46.3 Å². The molecular formula is C24H24N4O2. The van der Waals surface area contributed by atoms with E-state index in [1.54, 1.807) is 6.20 Å². The highest BCUT2D eigenvalue weighted by Crippen LogP contribution is 2.30. The number of carbonyl (C=O) groups excluding carboxylic acids is 1. The fourth-order valence-corrected chi connectivity index (χ4v) is 4.24. The van der Waals surface area contributed by atoms with Crippen LogP contribution < -0.4 is 0 Å². The van der Waals surface area contributed by atoms with Crippen molar-refractivity contribution in [1.82, 2.24) is 19.7 Å². The number of hydrogen-bond acceptors (Lipinski definition) is 4. The standard InChI is InChI=1S/C24H24N4O2/c1-16-7-5-9-19(13-16)28-17(2)20(14-25-28)24(29)27-12-6-8-18(15-27)23-26-21-10-3-4-11-22(21)30-23/h3-5,7,9-11,13-14,18H,6,8,12,15H2,1-2H3. The van der Waals surface area contributed by atoms with E-state index < -0.39 is 0 Å². The minimum Gasteiger partial charge on any atom is -0.440 e. The molecule has 5 rings (SSSR count). The number of aromatic nitrogens is 3. The van der Waals surface area contributed by atoms with Gasteiger partial charge in [-0.3, -0.25) is 4.79 Å². The van der Waals surface area contributed by atoms with E-state index in [4.69, 9.17) is 4.42 Å². The van der Waals surface area contributed by atoms with E-state index in [-0.39, 0.29) is 11.8 Å². The zero-order valence-corrected chi connectivity index (χ0v) is 17.2. The summed E-state index contributed by atoms with van der Waals surface area (Å²) in [6, 6.07) is 15.9. The maximum atomic E-state index is 13.3. The first-order chi connectivity index (χ1) is 14.6. The van der Waals surface area contributed by atoms with Crippen LogP contribution in [-0.4, -0.2) is 38.7 Å². The number of benzene rings is 2. The van der Waals surface area contributed by atoms with Crippen LogP contribution in [0.25, 0.3) is 16.8 Å². The monoisotopic (exact) mass is 400 g/mol. The van der Waals surface area contributed by atoms with Crippen LogP contribution in [0.15, 0.2) is 59.1 Å². The van der Waals surface area contributed by atoms with Gasteiger partial charge in [-0.05, 0) is 56.5 Å². The van der Waals surface area contributed by atoms with E-state index >= 15 is 0 Å². The van der Waals surface area contributed by atoms with Crippen molar-refractivity contribution in [2.75, 3.05) is 13.1 Å². The molecule has 2 aromatic heterocycles. The fraction of sp³-hybridized carbons (Fsp3) is 0.292. The van der Waals surface area contributed by atoms with Gasteiger partial charge in [0.15, 0.2) is 11.5 Å². The Morgan fingerprint density at radius 3 is 2.83 bits per heavy atom. The summed E-state index contributed by atoms with van der Waals surface area (Å²) in [5.74, 6) is 0.857. The van der Waals surface area contributed by atoms with Gasteiger partial charge in [-0.2, -0.15) is 5.10 Å². The highest BCUT2D eigenvalue weighted by Gasteiger charge is 2.30. The number of nitrogens with zero attached hydrogens (tertiary/aromatic N) is 4. The molecule has 2 aromatic carbocycles. The Balaban J connectivity index is 1.38. The predicted molar refractivity (Wildman–Crippen MR) is 115 cm³/mol. The summed E-state index contributed by atoms with van der Waals surface area (Å²) in [5, 5.41) is 4.49. The maximum absolute atomic E-state index is 13.3. The predicted octanol–water partition coefficient (Wildman–Crippen LogP) is 4.65. The molecule has 1 fully saturated rings. The summed E-state index contributed by atoms with van der Waals surface area (Å²) in [6.07, 6.45) is 3.58. The quantitative estimate of drug-likeness (QED) is 0.502. The number of aryl methyl sites for hydroxylation is 1. The molecule has 30 heavy (non-hydrogen) atoms. The summed E-state index contributed by atoms with van der Waals surface area (Å²) < 4.78 is 7.81. The van der Waals surface area contributed by atoms with Crippen molar-refractivity contribution in [2.24, 2.45) is 0 Å². The highest BCUT2D eigenvalue weighted by atomic mass is 16.3. The number of rotatable bonds is 3. The van der Waals surface area contributed by atoms with Crippen molar-refractivity contribution in [1.29, 1.82) is 0 Å². The molecule has 152 valence electrons. The number of oxazole rings is 1. The number of piperidine rings is 1. The van der Waals surface area contributed by atoms with Gasteiger partial charge in [0.05, 0.1) is 29.1 Å². The molecule has 0 saturated carbocycles. The normalized spacial score (nSPS) is 16.9. The number of para-hydroxylation sites is 2. The molecule has 0 spiro atoms. The molecule has 1 unspecified atom stereocenters. The molecular weight excluding hydrogens is 376 g/mol. The van der Waals surface area contributed by atoms with Crippen LogP contribution in [0.2, 0.25) is 0 Å². The number of amides is 1. The Labute approximate surface area is 175 Å². The fourth-order valence-electron chi connectivity index (χ4n) is 4.24. The van der Waals surface area contributed by atoms with Crippen molar-refractivity contribution in [3.05, 3.63) is 77.4 Å². The number of likely N-dealkylation sites (tertiary alicyclic amines) is 1. The Kier molecular flexibility index (Phi) is 4.62. The molecule has 6 heteroatoms. The summed E-state index contributed by atoms with van der Waals surface area (Å²) >= 11 is 0. The van der Waals surface area contributed by atoms with Crippen molar-refractivity contribution >= 4 is 17.0 Å². The van der Waals surface area contributed by atoms with E-state index in [0.29, 0.717) is 12.1 Å². The summed E-state index contributed by atoms with van der Waals surface area (Å²) in [5.41, 5.74) is 5.30. The first-order valence-corrected chi connectivity index (χ1v) is 10.4. The Morgan fingerprint density at radius 2 is 2.00 bits per heavy atom. The number of hydrogen-bond donors (Lipinski definition) is 0. The van der Waals surface area contributed by atoms with Gasteiger partial charge in [-0.15, -0.1) is 0 Å². The summed E-state index contributed by atoms with van der Waals surface area (Å²) in [6.45, 7) is 5.35. The molecule has 1 saturated heterocycles. The second-order valence-electron chi connectivity index (χ2n) is 8.00. The van der Waals surface area contributed by atoms with Crippen molar-refractivity contribution in [2.45, 2.75) is 32.6 Å². The van der Waals surface area contributed by atoms with Crippen molar-refractivity contribution in [3.8, 4) is 5.69 Å². The van der Waals surface area contributed by atoms with Crippen LogP contribution in [0.4, 0.5) is 0 Å². The van der Waals surface area contributed by atoms with Gasteiger partial charge >= 0.3 is 0 Å². The number of fused-ring (bicyclic) bond motifs is 1. The lowest BCUT2D eigenvalue weighted by Crippen LogP contribution is -2.39.